The van der Waals surface area contributed by atoms with Crippen LogP contribution in [-0.2, 0) is 17.5 Å². The Labute approximate surface area is 201 Å². The van der Waals surface area contributed by atoms with Crippen LogP contribution in [0, 0.1) is 12.8 Å². The van der Waals surface area contributed by atoms with Crippen molar-refractivity contribution in [3.05, 3.63) is 65.0 Å². The van der Waals surface area contributed by atoms with Crippen molar-refractivity contribution in [3.8, 4) is 0 Å². The Balaban J connectivity index is 1.49. The number of benzene rings is 1. The molecule has 2 aromatic heterocycles. The molecule has 3 atom stereocenters. The highest BCUT2D eigenvalue weighted by atomic mass is 19.4. The van der Waals surface area contributed by atoms with Crippen molar-refractivity contribution >= 4 is 22.6 Å². The van der Waals surface area contributed by atoms with Gasteiger partial charge in [0.15, 0.2) is 0 Å². The number of aromatic nitrogens is 2. The summed E-state index contributed by atoms with van der Waals surface area (Å²) in [5.74, 6) is 0.466. The highest BCUT2D eigenvalue weighted by Gasteiger charge is 2.42. The third kappa shape index (κ3) is 4.69. The van der Waals surface area contributed by atoms with Crippen LogP contribution in [0.15, 0.2) is 42.6 Å². The molecule has 3 heterocycles. The monoisotopic (exact) mass is 484 g/mol. The number of nitrogens with zero attached hydrogens (tertiary/aromatic N) is 3. The Kier molecular flexibility index (Phi) is 6.13. The van der Waals surface area contributed by atoms with E-state index in [0.717, 1.165) is 48.9 Å². The Bertz CT molecular complexity index is 1250. The second kappa shape index (κ2) is 9.11. The number of pyridine rings is 2. The molecule has 0 radical (unpaired) electrons. The lowest BCUT2D eigenvalue weighted by molar-refractivity contribution is -0.137. The normalized spacial score (nSPS) is 22.2. The number of rotatable bonds is 4. The van der Waals surface area contributed by atoms with Gasteiger partial charge in [0.25, 0.3) is 5.91 Å². The molecule has 1 saturated carbocycles. The van der Waals surface area contributed by atoms with Crippen LogP contribution < -0.4 is 5.73 Å². The van der Waals surface area contributed by atoms with Crippen molar-refractivity contribution < 1.29 is 22.7 Å². The molecular weight excluding hydrogens is 457 g/mol. The van der Waals surface area contributed by atoms with Crippen LogP contribution in [0.3, 0.4) is 0 Å². The third-order valence-corrected chi connectivity index (χ3v) is 7.18. The van der Waals surface area contributed by atoms with Crippen LogP contribution in [0.4, 0.5) is 19.0 Å². The van der Waals surface area contributed by atoms with E-state index in [-0.39, 0.29) is 30.5 Å². The zero-order valence-electron chi connectivity index (χ0n) is 19.4. The van der Waals surface area contributed by atoms with E-state index < -0.39 is 11.7 Å². The van der Waals surface area contributed by atoms with Gasteiger partial charge >= 0.3 is 6.18 Å². The molecule has 1 saturated heterocycles. The van der Waals surface area contributed by atoms with Gasteiger partial charge in [-0.1, -0.05) is 0 Å². The summed E-state index contributed by atoms with van der Waals surface area (Å²) in [6.45, 7) is 2.65. The van der Waals surface area contributed by atoms with Gasteiger partial charge in [-0.3, -0.25) is 9.78 Å². The summed E-state index contributed by atoms with van der Waals surface area (Å²) in [4.78, 5) is 24.1. The molecule has 3 aromatic rings. The number of carbonyl (C=O) groups excluding carboxylic acids is 1. The minimum atomic E-state index is -4.46. The second-order valence-corrected chi connectivity index (χ2v) is 9.43. The number of amides is 1. The summed E-state index contributed by atoms with van der Waals surface area (Å²) in [5.41, 5.74) is 7.55. The van der Waals surface area contributed by atoms with E-state index in [1.165, 1.54) is 6.07 Å². The van der Waals surface area contributed by atoms with Gasteiger partial charge in [0.05, 0.1) is 29.4 Å². The summed E-state index contributed by atoms with van der Waals surface area (Å²) in [5, 5.41) is 0.806. The van der Waals surface area contributed by atoms with E-state index in [2.05, 4.69) is 9.97 Å². The molecule has 9 heteroatoms. The molecule has 2 fully saturated rings. The van der Waals surface area contributed by atoms with Crippen molar-refractivity contribution in [2.24, 2.45) is 5.92 Å². The van der Waals surface area contributed by atoms with Gasteiger partial charge in [-0.05, 0) is 74.6 Å². The molecule has 2 aliphatic rings. The van der Waals surface area contributed by atoms with Crippen LogP contribution in [0.25, 0.3) is 10.9 Å². The van der Waals surface area contributed by atoms with Gasteiger partial charge in [-0.2, -0.15) is 13.2 Å². The number of nitrogens with two attached hydrogens (primary N) is 1. The van der Waals surface area contributed by atoms with E-state index in [9.17, 15) is 18.0 Å². The smallest absolute Gasteiger partial charge is 0.383 e. The lowest BCUT2D eigenvalue weighted by atomic mass is 9.80. The Morgan fingerprint density at radius 3 is 2.74 bits per heavy atom. The topological polar surface area (TPSA) is 81.3 Å². The number of carbonyl (C=O) groups is 1. The third-order valence-electron chi connectivity index (χ3n) is 7.18. The standard InChI is InChI=1S/C26H27F3N4O2/c1-15-11-17-12-16(5-8-21(17)32-24(15)30)25(34)33(22-3-2-4-23-20(22)9-10-35-23)14-19-7-6-18(13-31-19)26(27,28)29/h5-8,11-13,20,22-23H,2-4,9-10,14H2,1H3,(H2,30,32)/t20-,22+,23+/m0/s1. The number of fused-ring (bicyclic) bond motifs is 2. The lowest BCUT2D eigenvalue weighted by Gasteiger charge is -2.40. The zero-order valence-corrected chi connectivity index (χ0v) is 19.4. The first kappa shape index (κ1) is 23.5. The fraction of sp³-hybridized carbons (Fsp3) is 0.423. The lowest BCUT2D eigenvalue weighted by Crippen LogP contribution is -2.48. The van der Waals surface area contributed by atoms with Crippen LogP contribution >= 0.6 is 0 Å². The number of ether oxygens (including phenoxy) is 1. The maximum absolute atomic E-state index is 13.9. The molecule has 1 aromatic carbocycles. The number of hydrogen-bond donors (Lipinski definition) is 1. The molecule has 5 rings (SSSR count). The van der Waals surface area contributed by atoms with E-state index in [0.29, 0.717) is 29.2 Å². The first-order valence-electron chi connectivity index (χ1n) is 11.8. The largest absolute Gasteiger partial charge is 0.417 e. The molecule has 35 heavy (non-hydrogen) atoms. The average molecular weight is 485 g/mol. The first-order chi connectivity index (χ1) is 16.7. The molecule has 1 aliphatic carbocycles. The summed E-state index contributed by atoms with van der Waals surface area (Å²) in [6, 6.07) is 9.50. The number of hydrogen-bond acceptors (Lipinski definition) is 5. The quantitative estimate of drug-likeness (QED) is 0.555. The van der Waals surface area contributed by atoms with Gasteiger partial charge < -0.3 is 15.4 Å². The predicted octanol–water partition coefficient (Wildman–Crippen LogP) is 5.14. The van der Waals surface area contributed by atoms with Crippen molar-refractivity contribution in [1.29, 1.82) is 0 Å². The molecule has 6 nitrogen and oxygen atoms in total. The van der Waals surface area contributed by atoms with Gasteiger partial charge in [0.1, 0.15) is 5.82 Å². The second-order valence-electron chi connectivity index (χ2n) is 9.43. The fourth-order valence-corrected chi connectivity index (χ4v) is 5.33. The SMILES string of the molecule is Cc1cc2cc(C(=O)N(Cc3ccc(C(F)(F)F)cn3)[C@@H]3CCC[C@H]4OCC[C@@H]34)ccc2nc1N. The van der Waals surface area contributed by atoms with Gasteiger partial charge in [0.2, 0.25) is 0 Å². The minimum absolute atomic E-state index is 0.0742. The van der Waals surface area contributed by atoms with E-state index in [1.807, 2.05) is 13.0 Å². The van der Waals surface area contributed by atoms with Gasteiger partial charge in [0, 0.05) is 35.7 Å². The highest BCUT2D eigenvalue weighted by molar-refractivity contribution is 5.98. The van der Waals surface area contributed by atoms with Crippen LogP contribution in [0.5, 0.6) is 0 Å². The Morgan fingerprint density at radius 2 is 2.00 bits per heavy atom. The maximum atomic E-state index is 13.9. The van der Waals surface area contributed by atoms with E-state index >= 15 is 0 Å². The molecule has 0 bridgehead atoms. The maximum Gasteiger partial charge on any atom is 0.417 e. The molecule has 1 amide bonds. The minimum Gasteiger partial charge on any atom is -0.383 e. The summed E-state index contributed by atoms with van der Waals surface area (Å²) in [7, 11) is 0. The summed E-state index contributed by atoms with van der Waals surface area (Å²) < 4.78 is 45.0. The molecule has 0 unspecified atom stereocenters. The van der Waals surface area contributed by atoms with Gasteiger partial charge in [-0.25, -0.2) is 4.98 Å². The van der Waals surface area contributed by atoms with E-state index in [4.69, 9.17) is 10.5 Å². The van der Waals surface area contributed by atoms with Crippen molar-refractivity contribution in [1.82, 2.24) is 14.9 Å². The molecular formula is C26H27F3N4O2. The molecule has 1 aliphatic heterocycles. The highest BCUT2D eigenvalue weighted by Crippen LogP contribution is 2.38. The van der Waals surface area contributed by atoms with Crippen molar-refractivity contribution in [3.63, 3.8) is 0 Å². The number of nitrogen functional groups attached to an aromatic ring is 1. The molecule has 0 spiro atoms. The molecule has 2 N–H and O–H groups in total. The van der Waals surface area contributed by atoms with Crippen LogP contribution in [0.1, 0.15) is 52.9 Å². The fourth-order valence-electron chi connectivity index (χ4n) is 5.33. The number of alkyl halides is 3. The van der Waals surface area contributed by atoms with Crippen LogP contribution in [0.2, 0.25) is 0 Å². The number of halogens is 3. The van der Waals surface area contributed by atoms with Crippen molar-refractivity contribution in [2.45, 2.75) is 57.5 Å². The average Bonchev–Trinajstić information content (AvgIpc) is 3.32. The number of aryl methyl sites for hydroxylation is 1. The number of anilines is 1. The summed E-state index contributed by atoms with van der Waals surface area (Å²) in [6.07, 6.45) is 0.0482. The predicted molar refractivity (Wildman–Crippen MR) is 125 cm³/mol. The Morgan fingerprint density at radius 1 is 1.17 bits per heavy atom. The van der Waals surface area contributed by atoms with Crippen molar-refractivity contribution in [2.75, 3.05) is 12.3 Å². The van der Waals surface area contributed by atoms with Crippen LogP contribution in [-0.4, -0.2) is 39.5 Å². The van der Waals surface area contributed by atoms with Gasteiger partial charge in [-0.15, -0.1) is 0 Å². The zero-order chi connectivity index (χ0) is 24.7. The Hall–Kier alpha value is -3.20. The summed E-state index contributed by atoms with van der Waals surface area (Å²) >= 11 is 0. The first-order valence-corrected chi connectivity index (χ1v) is 11.8. The van der Waals surface area contributed by atoms with E-state index in [1.54, 1.807) is 23.1 Å². The molecule has 184 valence electrons.